The average molecular weight is 347 g/mol. The fourth-order valence-corrected chi connectivity index (χ4v) is 2.38. The topological polar surface area (TPSA) is 105 Å². The molecule has 1 aromatic carbocycles. The zero-order valence-corrected chi connectivity index (χ0v) is 14.2. The first-order valence-electron chi connectivity index (χ1n) is 8.16. The van der Waals surface area contributed by atoms with Crippen molar-refractivity contribution in [3.05, 3.63) is 29.8 Å². The zero-order valence-electron chi connectivity index (χ0n) is 14.2. The van der Waals surface area contributed by atoms with Crippen LogP contribution in [0.2, 0.25) is 0 Å². The summed E-state index contributed by atoms with van der Waals surface area (Å²) in [6.07, 6.45) is 1.94. The van der Waals surface area contributed by atoms with Crippen molar-refractivity contribution in [1.82, 2.24) is 10.4 Å². The highest BCUT2D eigenvalue weighted by atomic mass is 16.7. The number of anilines is 1. The van der Waals surface area contributed by atoms with E-state index in [1.165, 1.54) is 24.3 Å². The summed E-state index contributed by atoms with van der Waals surface area (Å²) >= 11 is 0. The Morgan fingerprint density at radius 1 is 1.16 bits per heavy atom. The molecule has 8 nitrogen and oxygen atoms in total. The summed E-state index contributed by atoms with van der Waals surface area (Å²) < 4.78 is 0. The van der Waals surface area contributed by atoms with Gasteiger partial charge in [0.05, 0.1) is 5.56 Å². The molecule has 25 heavy (non-hydrogen) atoms. The molecule has 0 saturated carbocycles. The maximum absolute atomic E-state index is 12.0. The number of carbonyl (C=O) groups excluding carboxylic acids is 4. The van der Waals surface area contributed by atoms with Crippen molar-refractivity contribution in [3.63, 3.8) is 0 Å². The number of hydroxylamine groups is 2. The Hall–Kier alpha value is -2.90. The summed E-state index contributed by atoms with van der Waals surface area (Å²) in [6, 6.07) is 5.69. The van der Waals surface area contributed by atoms with Crippen molar-refractivity contribution in [2.75, 3.05) is 5.32 Å². The third kappa shape index (κ3) is 5.03. The monoisotopic (exact) mass is 347 g/mol. The number of nitrogens with zero attached hydrogens (tertiary/aromatic N) is 1. The Balaban J connectivity index is 1.90. The minimum Gasteiger partial charge on any atom is -0.335 e. The van der Waals surface area contributed by atoms with Crippen LogP contribution in [-0.2, 0) is 14.4 Å². The number of hydrogen-bond donors (Lipinski definition) is 2. The van der Waals surface area contributed by atoms with Crippen LogP contribution < -0.4 is 10.6 Å². The van der Waals surface area contributed by atoms with Gasteiger partial charge in [-0.25, -0.2) is 9.59 Å². The first-order valence-corrected chi connectivity index (χ1v) is 8.16. The smallest absolute Gasteiger partial charge is 0.335 e. The number of hydrogen-bond acceptors (Lipinski definition) is 5. The van der Waals surface area contributed by atoms with Gasteiger partial charge in [-0.2, -0.15) is 0 Å². The van der Waals surface area contributed by atoms with Gasteiger partial charge in [-0.1, -0.05) is 13.3 Å². The van der Waals surface area contributed by atoms with Crippen LogP contribution in [0, 0.1) is 0 Å². The Bertz CT molecular complexity index is 655. The van der Waals surface area contributed by atoms with Crippen LogP contribution in [0.25, 0.3) is 0 Å². The van der Waals surface area contributed by atoms with Gasteiger partial charge in [-0.3, -0.25) is 9.59 Å². The molecule has 1 unspecified atom stereocenters. The van der Waals surface area contributed by atoms with Gasteiger partial charge in [0.25, 0.3) is 11.8 Å². The van der Waals surface area contributed by atoms with Gasteiger partial charge in [0.1, 0.15) is 0 Å². The number of urea groups is 1. The maximum atomic E-state index is 12.0. The molecule has 0 bridgehead atoms. The molecule has 1 atom stereocenters. The SMILES string of the molecule is CCCC(C)NC(=O)Nc1ccc(C(=O)ON2C(=O)CCC2=O)cc1. The molecule has 1 heterocycles. The molecule has 0 aromatic heterocycles. The molecule has 8 heteroatoms. The van der Waals surface area contributed by atoms with E-state index in [2.05, 4.69) is 10.6 Å². The summed E-state index contributed by atoms with van der Waals surface area (Å²) in [7, 11) is 0. The summed E-state index contributed by atoms with van der Waals surface area (Å²) in [6.45, 7) is 3.96. The lowest BCUT2D eigenvalue weighted by Gasteiger charge is -2.14. The van der Waals surface area contributed by atoms with E-state index in [9.17, 15) is 19.2 Å². The van der Waals surface area contributed by atoms with E-state index in [0.717, 1.165) is 12.8 Å². The fraction of sp³-hybridized carbons (Fsp3) is 0.412. The quantitative estimate of drug-likeness (QED) is 0.768. The summed E-state index contributed by atoms with van der Waals surface area (Å²) in [5, 5.41) is 5.96. The lowest BCUT2D eigenvalue weighted by Crippen LogP contribution is -2.35. The number of carbonyl (C=O) groups is 4. The lowest BCUT2D eigenvalue weighted by molar-refractivity contribution is -0.172. The number of nitrogens with one attached hydrogen (secondary N) is 2. The second kappa shape index (κ2) is 8.27. The van der Waals surface area contributed by atoms with Crippen molar-refractivity contribution in [2.24, 2.45) is 0 Å². The highest BCUT2D eigenvalue weighted by molar-refractivity contribution is 6.02. The molecule has 1 saturated heterocycles. The molecule has 0 radical (unpaired) electrons. The minimum atomic E-state index is -0.809. The van der Waals surface area contributed by atoms with Crippen LogP contribution >= 0.6 is 0 Å². The molecular weight excluding hydrogens is 326 g/mol. The molecule has 1 aliphatic rings. The Morgan fingerprint density at radius 2 is 1.76 bits per heavy atom. The van der Waals surface area contributed by atoms with Crippen LogP contribution in [0.15, 0.2) is 24.3 Å². The highest BCUT2D eigenvalue weighted by Crippen LogP contribution is 2.15. The molecule has 1 aliphatic heterocycles. The van der Waals surface area contributed by atoms with Crippen LogP contribution in [0.3, 0.4) is 0 Å². The summed E-state index contributed by atoms with van der Waals surface area (Å²) in [4.78, 5) is 51.5. The second-order valence-electron chi connectivity index (χ2n) is 5.83. The summed E-state index contributed by atoms with van der Waals surface area (Å²) in [5.74, 6) is -1.87. The molecule has 2 rings (SSSR count). The number of rotatable bonds is 6. The number of benzene rings is 1. The van der Waals surface area contributed by atoms with Crippen molar-refractivity contribution in [1.29, 1.82) is 0 Å². The molecule has 134 valence electrons. The van der Waals surface area contributed by atoms with Gasteiger partial charge in [-0.15, -0.1) is 5.06 Å². The average Bonchev–Trinajstić information content (AvgIpc) is 2.87. The zero-order chi connectivity index (χ0) is 18.4. The Morgan fingerprint density at radius 3 is 2.32 bits per heavy atom. The van der Waals surface area contributed by atoms with E-state index >= 15 is 0 Å². The Kier molecular flexibility index (Phi) is 6.10. The maximum Gasteiger partial charge on any atom is 0.363 e. The van der Waals surface area contributed by atoms with Gasteiger partial charge < -0.3 is 15.5 Å². The van der Waals surface area contributed by atoms with Gasteiger partial charge in [0.2, 0.25) is 0 Å². The van der Waals surface area contributed by atoms with Crippen molar-refractivity contribution >= 4 is 29.5 Å². The van der Waals surface area contributed by atoms with E-state index in [0.29, 0.717) is 10.8 Å². The molecular formula is C17H21N3O5. The molecule has 0 spiro atoms. The summed E-state index contributed by atoms with van der Waals surface area (Å²) in [5.41, 5.74) is 0.670. The largest absolute Gasteiger partial charge is 0.363 e. The first-order chi connectivity index (χ1) is 11.9. The fourth-order valence-electron chi connectivity index (χ4n) is 2.38. The number of amides is 4. The predicted molar refractivity (Wildman–Crippen MR) is 89.5 cm³/mol. The lowest BCUT2D eigenvalue weighted by atomic mass is 10.2. The molecule has 4 amide bonds. The van der Waals surface area contributed by atoms with E-state index < -0.39 is 17.8 Å². The third-order valence-corrected chi connectivity index (χ3v) is 3.66. The van der Waals surface area contributed by atoms with E-state index in [1.54, 1.807) is 0 Å². The van der Waals surface area contributed by atoms with Crippen molar-refractivity contribution in [2.45, 2.75) is 45.6 Å². The standard InChI is InChI=1S/C17H21N3O5/c1-3-4-11(2)18-17(24)19-13-7-5-12(6-8-13)16(23)25-20-14(21)9-10-15(20)22/h5-8,11H,3-4,9-10H2,1-2H3,(H2,18,19,24). The van der Waals surface area contributed by atoms with E-state index in [-0.39, 0.29) is 30.5 Å². The predicted octanol–water partition coefficient (Wildman–Crippen LogP) is 2.22. The van der Waals surface area contributed by atoms with Crippen LogP contribution in [0.1, 0.15) is 49.9 Å². The van der Waals surface area contributed by atoms with Gasteiger partial charge in [-0.05, 0) is 37.6 Å². The third-order valence-electron chi connectivity index (χ3n) is 3.66. The molecule has 0 aliphatic carbocycles. The highest BCUT2D eigenvalue weighted by Gasteiger charge is 2.33. The van der Waals surface area contributed by atoms with E-state index in [1.807, 2.05) is 13.8 Å². The van der Waals surface area contributed by atoms with E-state index in [4.69, 9.17) is 4.84 Å². The second-order valence-corrected chi connectivity index (χ2v) is 5.83. The molecule has 2 N–H and O–H groups in total. The van der Waals surface area contributed by atoms with Crippen molar-refractivity contribution in [3.8, 4) is 0 Å². The van der Waals surface area contributed by atoms with Gasteiger partial charge in [0.15, 0.2) is 0 Å². The molecule has 1 aromatic rings. The van der Waals surface area contributed by atoms with Crippen molar-refractivity contribution < 1.29 is 24.0 Å². The van der Waals surface area contributed by atoms with Gasteiger partial charge in [0, 0.05) is 24.6 Å². The molecule has 1 fully saturated rings. The first kappa shape index (κ1) is 18.4. The van der Waals surface area contributed by atoms with Crippen LogP contribution in [-0.4, -0.2) is 34.9 Å². The minimum absolute atomic E-state index is 0.0422. The van der Waals surface area contributed by atoms with Crippen LogP contribution in [0.5, 0.6) is 0 Å². The van der Waals surface area contributed by atoms with Gasteiger partial charge >= 0.3 is 12.0 Å². The van der Waals surface area contributed by atoms with Crippen LogP contribution in [0.4, 0.5) is 10.5 Å². The normalized spacial score (nSPS) is 15.0. The Labute approximate surface area is 145 Å². The number of imide groups is 1.